The summed E-state index contributed by atoms with van der Waals surface area (Å²) in [5.41, 5.74) is 2.83. The molecule has 0 aliphatic heterocycles. The Morgan fingerprint density at radius 1 is 1.03 bits per heavy atom. The molecule has 0 saturated heterocycles. The fourth-order valence-corrected chi connectivity index (χ4v) is 5.26. The molecule has 33 heavy (non-hydrogen) atoms. The van der Waals surface area contributed by atoms with Crippen LogP contribution in [0, 0.1) is 5.82 Å². The van der Waals surface area contributed by atoms with Gasteiger partial charge in [-0.2, -0.15) is 0 Å². The summed E-state index contributed by atoms with van der Waals surface area (Å²) in [6.07, 6.45) is 1.15. The van der Waals surface area contributed by atoms with Gasteiger partial charge in [-0.25, -0.2) is 17.8 Å². The van der Waals surface area contributed by atoms with Crippen molar-refractivity contribution in [3.63, 3.8) is 0 Å². The predicted octanol–water partition coefficient (Wildman–Crippen LogP) is 5.71. The molecule has 4 aromatic rings. The molecule has 0 aliphatic carbocycles. The Morgan fingerprint density at radius 3 is 2.33 bits per heavy atom. The molecule has 0 fully saturated rings. The summed E-state index contributed by atoms with van der Waals surface area (Å²) in [4.78, 5) is 18.3. The molecule has 9 heteroatoms. The minimum absolute atomic E-state index is 0.200. The van der Waals surface area contributed by atoms with Crippen LogP contribution in [-0.2, 0) is 16.4 Å². The van der Waals surface area contributed by atoms with Crippen LogP contribution in [0.25, 0.3) is 21.7 Å². The summed E-state index contributed by atoms with van der Waals surface area (Å²) in [6, 6.07) is 19.9. The largest absolute Gasteiger partial charge is 0.346 e. The molecule has 4 rings (SSSR count). The molecule has 0 aliphatic rings. The van der Waals surface area contributed by atoms with E-state index in [0.717, 1.165) is 16.3 Å². The van der Waals surface area contributed by atoms with E-state index in [4.69, 9.17) is 0 Å². The first-order chi connectivity index (χ1) is 15.7. The van der Waals surface area contributed by atoms with Gasteiger partial charge in [0.2, 0.25) is 0 Å². The minimum Gasteiger partial charge on any atom is -0.346 e. The van der Waals surface area contributed by atoms with E-state index in [1.165, 1.54) is 35.6 Å². The van der Waals surface area contributed by atoms with Gasteiger partial charge >= 0.3 is 0 Å². The summed E-state index contributed by atoms with van der Waals surface area (Å²) in [7, 11) is -3.34. The zero-order chi connectivity index (χ0) is 23.6. The van der Waals surface area contributed by atoms with Gasteiger partial charge in [-0.3, -0.25) is 4.79 Å². The highest BCUT2D eigenvalue weighted by atomic mass is 79.9. The number of carbonyl (C=O) groups is 1. The molecular weight excluding hydrogens is 527 g/mol. The first-order valence-electron chi connectivity index (χ1n) is 9.80. The highest BCUT2D eigenvalue weighted by molar-refractivity contribution is 9.10. The van der Waals surface area contributed by atoms with Crippen molar-refractivity contribution in [3.8, 4) is 21.7 Å². The monoisotopic (exact) mass is 544 g/mol. The quantitative estimate of drug-likeness (QED) is 0.337. The molecular formula is C24H18BrFN2O3S2. The maximum Gasteiger partial charge on any atom is 0.280 e. The first kappa shape index (κ1) is 23.3. The summed E-state index contributed by atoms with van der Waals surface area (Å²) in [6.45, 7) is 0.335. The number of rotatable bonds is 6. The number of hydrogen-bond acceptors (Lipinski definition) is 5. The Hall–Kier alpha value is -2.88. The van der Waals surface area contributed by atoms with E-state index in [-0.39, 0.29) is 21.6 Å². The van der Waals surface area contributed by atoms with E-state index in [2.05, 4.69) is 26.2 Å². The molecule has 0 saturated carbocycles. The van der Waals surface area contributed by atoms with Gasteiger partial charge in [-0.15, -0.1) is 11.3 Å². The lowest BCUT2D eigenvalue weighted by molar-refractivity contribution is 0.0950. The molecule has 0 spiro atoms. The number of thiazole rings is 1. The van der Waals surface area contributed by atoms with Crippen LogP contribution in [0.15, 0.2) is 82.2 Å². The Bertz CT molecular complexity index is 1420. The van der Waals surface area contributed by atoms with Crippen LogP contribution in [0.4, 0.5) is 4.39 Å². The number of hydrogen-bond donors (Lipinski definition) is 1. The topological polar surface area (TPSA) is 76.1 Å². The van der Waals surface area contributed by atoms with Gasteiger partial charge in [0.25, 0.3) is 5.91 Å². The van der Waals surface area contributed by atoms with Crippen LogP contribution >= 0.6 is 27.3 Å². The number of aromatic nitrogens is 1. The maximum absolute atomic E-state index is 13.5. The average Bonchev–Trinajstić information content (AvgIpc) is 3.23. The van der Waals surface area contributed by atoms with Crippen LogP contribution < -0.4 is 5.32 Å². The van der Waals surface area contributed by atoms with E-state index in [1.54, 1.807) is 24.3 Å². The number of nitrogens with zero attached hydrogens (tertiary/aromatic N) is 1. The van der Waals surface area contributed by atoms with Crippen LogP contribution in [-0.4, -0.2) is 25.6 Å². The first-order valence-corrected chi connectivity index (χ1v) is 13.3. The van der Waals surface area contributed by atoms with Gasteiger partial charge in [-0.1, -0.05) is 40.2 Å². The number of benzene rings is 3. The Morgan fingerprint density at radius 2 is 1.70 bits per heavy atom. The van der Waals surface area contributed by atoms with Gasteiger partial charge in [-0.05, 0) is 59.7 Å². The number of sulfone groups is 1. The average molecular weight is 545 g/mol. The summed E-state index contributed by atoms with van der Waals surface area (Å²) in [5.74, 6) is -0.706. The second-order valence-corrected chi connectivity index (χ2v) is 11.2. The molecule has 1 heterocycles. The van der Waals surface area contributed by atoms with Crippen molar-refractivity contribution in [2.75, 3.05) is 6.26 Å². The second-order valence-electron chi connectivity index (χ2n) is 7.31. The zero-order valence-electron chi connectivity index (χ0n) is 17.4. The molecule has 3 aromatic carbocycles. The highest BCUT2D eigenvalue weighted by Crippen LogP contribution is 2.37. The third-order valence-electron chi connectivity index (χ3n) is 4.83. The van der Waals surface area contributed by atoms with Crippen molar-refractivity contribution in [2.24, 2.45) is 0 Å². The molecule has 1 N–H and O–H groups in total. The smallest absolute Gasteiger partial charge is 0.280 e. The molecule has 0 atom stereocenters. The fourth-order valence-electron chi connectivity index (χ4n) is 3.17. The predicted molar refractivity (Wildman–Crippen MR) is 131 cm³/mol. The maximum atomic E-state index is 13.5. The van der Waals surface area contributed by atoms with Crippen LogP contribution in [0.1, 0.15) is 15.4 Å². The van der Waals surface area contributed by atoms with E-state index >= 15 is 0 Å². The standard InChI is InChI=1S/C24H18BrFN2O3S2/c1-33(30,31)20-11-7-17(8-12-20)22-21(16-5-9-19(26)10-6-16)28-24(32-22)23(29)27-14-15-3-2-4-18(25)13-15/h2-13H,14H2,1H3,(H,27,29). The fraction of sp³-hybridized carbons (Fsp3) is 0.0833. The Kier molecular flexibility index (Phi) is 6.73. The highest BCUT2D eigenvalue weighted by Gasteiger charge is 2.20. The van der Waals surface area contributed by atoms with Crippen molar-refractivity contribution < 1.29 is 17.6 Å². The third-order valence-corrected chi connectivity index (χ3v) is 7.55. The van der Waals surface area contributed by atoms with Gasteiger partial charge < -0.3 is 5.32 Å². The van der Waals surface area contributed by atoms with E-state index < -0.39 is 9.84 Å². The minimum atomic E-state index is -3.34. The molecule has 5 nitrogen and oxygen atoms in total. The molecule has 0 bridgehead atoms. The van der Waals surface area contributed by atoms with Gasteiger partial charge in [0.15, 0.2) is 14.8 Å². The number of nitrogens with one attached hydrogen (secondary N) is 1. The van der Waals surface area contributed by atoms with Crippen molar-refractivity contribution in [2.45, 2.75) is 11.4 Å². The molecule has 0 unspecified atom stereocenters. The molecule has 1 aromatic heterocycles. The molecule has 1 amide bonds. The number of halogens is 2. The van der Waals surface area contributed by atoms with E-state index in [0.29, 0.717) is 28.2 Å². The normalized spacial score (nSPS) is 11.4. The molecule has 168 valence electrons. The summed E-state index contributed by atoms with van der Waals surface area (Å²) >= 11 is 4.61. The van der Waals surface area contributed by atoms with Gasteiger partial charge in [0.1, 0.15) is 5.82 Å². The lowest BCUT2D eigenvalue weighted by Gasteiger charge is -2.04. The van der Waals surface area contributed by atoms with E-state index in [9.17, 15) is 17.6 Å². The zero-order valence-corrected chi connectivity index (χ0v) is 20.6. The number of carbonyl (C=O) groups excluding carboxylic acids is 1. The van der Waals surface area contributed by atoms with Crippen LogP contribution in [0.5, 0.6) is 0 Å². The SMILES string of the molecule is CS(=O)(=O)c1ccc(-c2sc(C(=O)NCc3cccc(Br)c3)nc2-c2ccc(F)cc2)cc1. The summed E-state index contributed by atoms with van der Waals surface area (Å²) in [5, 5.41) is 3.13. The van der Waals surface area contributed by atoms with E-state index in [1.807, 2.05) is 24.3 Å². The number of amides is 1. The second kappa shape index (κ2) is 9.54. The lowest BCUT2D eigenvalue weighted by atomic mass is 10.1. The van der Waals surface area contributed by atoms with Crippen molar-refractivity contribution in [1.82, 2.24) is 10.3 Å². The summed E-state index contributed by atoms with van der Waals surface area (Å²) < 4.78 is 38.0. The van der Waals surface area contributed by atoms with Crippen molar-refractivity contribution in [3.05, 3.63) is 93.7 Å². The van der Waals surface area contributed by atoms with Crippen LogP contribution in [0.2, 0.25) is 0 Å². The van der Waals surface area contributed by atoms with Gasteiger partial charge in [0.05, 0.1) is 15.5 Å². The Labute approximate surface area is 203 Å². The third kappa shape index (κ3) is 5.55. The van der Waals surface area contributed by atoms with Crippen LogP contribution in [0.3, 0.4) is 0 Å². The van der Waals surface area contributed by atoms with Gasteiger partial charge in [0, 0.05) is 22.8 Å². The molecule has 0 radical (unpaired) electrons. The van der Waals surface area contributed by atoms with Crippen molar-refractivity contribution >= 4 is 43.0 Å². The Balaban J connectivity index is 1.69. The van der Waals surface area contributed by atoms with Crippen molar-refractivity contribution in [1.29, 1.82) is 0 Å². The lowest BCUT2D eigenvalue weighted by Crippen LogP contribution is -2.22.